The number of nitrogens with zero attached hydrogens (tertiary/aromatic N) is 1. The van der Waals surface area contributed by atoms with Crippen LogP contribution in [0.25, 0.3) is 0 Å². The van der Waals surface area contributed by atoms with E-state index in [-0.39, 0.29) is 5.91 Å². The number of piperazine rings is 1. The summed E-state index contributed by atoms with van der Waals surface area (Å²) in [5.41, 5.74) is 2.39. The molecular formula is C18H27N4O4S+. The second kappa shape index (κ2) is 7.95. The van der Waals surface area contributed by atoms with E-state index in [4.69, 9.17) is 0 Å². The zero-order valence-corrected chi connectivity index (χ0v) is 16.6. The lowest BCUT2D eigenvalue weighted by atomic mass is 10.1. The van der Waals surface area contributed by atoms with Crippen LogP contribution in [0, 0.1) is 0 Å². The highest BCUT2D eigenvalue weighted by Gasteiger charge is 2.35. The fraction of sp³-hybridized carbons (Fsp3) is 0.556. The number of quaternary nitrogens is 1. The van der Waals surface area contributed by atoms with Gasteiger partial charge >= 0.3 is 6.03 Å². The Hall–Kier alpha value is -1.97. The zero-order valence-electron chi connectivity index (χ0n) is 15.7. The quantitative estimate of drug-likeness (QED) is 0.603. The van der Waals surface area contributed by atoms with Crippen LogP contribution in [0.1, 0.15) is 24.5 Å². The number of sulfonamides is 1. The molecule has 2 aliphatic rings. The summed E-state index contributed by atoms with van der Waals surface area (Å²) in [7, 11) is -2.07. The van der Waals surface area contributed by atoms with Crippen molar-refractivity contribution in [1.29, 1.82) is 0 Å². The lowest BCUT2D eigenvalue weighted by molar-refractivity contribution is -0.917. The summed E-state index contributed by atoms with van der Waals surface area (Å²) in [6.07, 6.45) is 3.04. The molecule has 8 nitrogen and oxygen atoms in total. The predicted octanol–water partition coefficient (Wildman–Crippen LogP) is -1.09. The highest BCUT2D eigenvalue weighted by atomic mass is 32.2. The third-order valence-electron chi connectivity index (χ3n) is 5.54. The molecule has 1 aliphatic heterocycles. The molecule has 27 heavy (non-hydrogen) atoms. The minimum Gasteiger partial charge on any atom is -0.341 e. The number of amides is 3. The number of aryl methyl sites for hydroxylation is 2. The Balaban J connectivity index is 1.63. The summed E-state index contributed by atoms with van der Waals surface area (Å²) in [4.78, 5) is 24.7. The molecule has 1 aliphatic carbocycles. The number of carbonyl (C=O) groups is 2. The summed E-state index contributed by atoms with van der Waals surface area (Å²) in [6.45, 7) is 3.50. The topological polar surface area (TPSA) is 100 Å². The van der Waals surface area contributed by atoms with Gasteiger partial charge < -0.3 is 10.2 Å². The first kappa shape index (κ1) is 19.8. The second-order valence-corrected chi connectivity index (χ2v) is 9.07. The highest BCUT2D eigenvalue weighted by Crippen LogP contribution is 2.26. The maximum Gasteiger partial charge on any atom is 0.321 e. The smallest absolute Gasteiger partial charge is 0.321 e. The molecule has 3 rings (SSSR count). The van der Waals surface area contributed by atoms with Crippen molar-refractivity contribution in [1.82, 2.24) is 14.9 Å². The maximum atomic E-state index is 13.0. The second-order valence-electron chi connectivity index (χ2n) is 7.14. The van der Waals surface area contributed by atoms with Crippen molar-refractivity contribution < 1.29 is 22.9 Å². The molecule has 3 amide bonds. The minimum absolute atomic E-state index is 0.354. The van der Waals surface area contributed by atoms with Gasteiger partial charge in [-0.15, -0.1) is 0 Å². The van der Waals surface area contributed by atoms with Crippen LogP contribution in [0.5, 0.6) is 0 Å². The molecule has 9 heteroatoms. The van der Waals surface area contributed by atoms with Crippen molar-refractivity contribution in [2.24, 2.45) is 0 Å². The maximum absolute atomic E-state index is 13.0. The zero-order chi connectivity index (χ0) is 19.6. The first-order valence-electron chi connectivity index (χ1n) is 9.32. The highest BCUT2D eigenvalue weighted by molar-refractivity contribution is 7.89. The lowest BCUT2D eigenvalue weighted by Gasteiger charge is -2.34. The van der Waals surface area contributed by atoms with Gasteiger partial charge in [-0.2, -0.15) is 4.31 Å². The molecule has 0 unspecified atom stereocenters. The molecule has 1 atom stereocenters. The van der Waals surface area contributed by atoms with Crippen LogP contribution in [-0.2, 0) is 27.7 Å². The molecular weight excluding hydrogens is 368 g/mol. The largest absolute Gasteiger partial charge is 0.341 e. The van der Waals surface area contributed by atoms with Crippen molar-refractivity contribution >= 4 is 22.0 Å². The van der Waals surface area contributed by atoms with Gasteiger partial charge in [-0.1, -0.05) is 6.07 Å². The normalized spacial score (nSPS) is 19.3. The Labute approximate surface area is 160 Å². The number of benzene rings is 1. The summed E-state index contributed by atoms with van der Waals surface area (Å²) in [5.74, 6) is -0.362. The molecule has 0 radical (unpaired) electrons. The Morgan fingerprint density at radius 3 is 2.48 bits per heavy atom. The van der Waals surface area contributed by atoms with Gasteiger partial charge in [0.1, 0.15) is 0 Å². The molecule has 3 N–H and O–H groups in total. The summed E-state index contributed by atoms with van der Waals surface area (Å²) < 4.78 is 27.4. The number of hydrogen-bond acceptors (Lipinski definition) is 4. The lowest BCUT2D eigenvalue weighted by Crippen LogP contribution is -3.19. The van der Waals surface area contributed by atoms with E-state index in [1.807, 2.05) is 12.1 Å². The Morgan fingerprint density at radius 1 is 1.15 bits per heavy atom. The Bertz CT molecular complexity index is 832. The van der Waals surface area contributed by atoms with Crippen molar-refractivity contribution in [2.45, 2.75) is 37.1 Å². The minimum atomic E-state index is -3.52. The summed E-state index contributed by atoms with van der Waals surface area (Å²) >= 11 is 0. The van der Waals surface area contributed by atoms with E-state index in [0.29, 0.717) is 31.1 Å². The van der Waals surface area contributed by atoms with Crippen LogP contribution >= 0.6 is 0 Å². The van der Waals surface area contributed by atoms with E-state index in [1.54, 1.807) is 13.0 Å². The van der Waals surface area contributed by atoms with Crippen LogP contribution in [0.4, 0.5) is 4.79 Å². The average Bonchev–Trinajstić information content (AvgIpc) is 3.15. The van der Waals surface area contributed by atoms with Gasteiger partial charge in [0.15, 0.2) is 6.04 Å². The number of hydrogen-bond donors (Lipinski definition) is 3. The molecule has 1 fully saturated rings. The van der Waals surface area contributed by atoms with E-state index in [1.165, 1.54) is 16.9 Å². The van der Waals surface area contributed by atoms with E-state index >= 15 is 0 Å². The first-order valence-corrected chi connectivity index (χ1v) is 10.8. The van der Waals surface area contributed by atoms with Crippen LogP contribution in [-0.4, -0.2) is 63.9 Å². The Morgan fingerprint density at radius 2 is 1.81 bits per heavy atom. The third kappa shape index (κ3) is 4.15. The van der Waals surface area contributed by atoms with Gasteiger partial charge in [0.2, 0.25) is 10.0 Å². The fourth-order valence-corrected chi connectivity index (χ4v) is 5.27. The van der Waals surface area contributed by atoms with Gasteiger partial charge in [0.25, 0.3) is 5.91 Å². The standard InChI is InChI=1S/C18H26N4O4S/c1-13(17(23)20-18(24)19-2)21-8-10-22(11-9-21)27(25,26)16-7-6-14-4-3-5-15(14)12-16/h6-7,12-13H,3-5,8-11H2,1-2H3,(H2,19,20,23,24)/p+1/t13-/m1/s1. The first-order chi connectivity index (χ1) is 12.8. The SMILES string of the molecule is CNC(=O)NC(=O)[C@@H](C)[NH+]1CCN(S(=O)(=O)c2ccc3c(c2)CCC3)CC1. The van der Waals surface area contributed by atoms with Gasteiger partial charge in [-0.25, -0.2) is 13.2 Å². The predicted molar refractivity (Wildman–Crippen MR) is 100.0 cm³/mol. The molecule has 0 aromatic heterocycles. The van der Waals surface area contributed by atoms with Crippen molar-refractivity contribution in [2.75, 3.05) is 33.2 Å². The van der Waals surface area contributed by atoms with E-state index in [0.717, 1.165) is 29.7 Å². The molecule has 1 aromatic rings. The van der Waals surface area contributed by atoms with E-state index in [2.05, 4.69) is 10.6 Å². The van der Waals surface area contributed by atoms with Crippen LogP contribution in [0.15, 0.2) is 23.1 Å². The number of fused-ring (bicyclic) bond motifs is 1. The molecule has 148 valence electrons. The molecule has 1 aromatic carbocycles. The number of imide groups is 1. The van der Waals surface area contributed by atoms with Crippen molar-refractivity contribution in [3.05, 3.63) is 29.3 Å². The number of rotatable bonds is 4. The van der Waals surface area contributed by atoms with Gasteiger partial charge in [-0.3, -0.25) is 10.1 Å². The Kier molecular flexibility index (Phi) is 5.83. The number of nitrogens with one attached hydrogen (secondary N) is 3. The van der Waals surface area contributed by atoms with E-state index < -0.39 is 22.1 Å². The molecule has 1 saturated heterocycles. The van der Waals surface area contributed by atoms with E-state index in [9.17, 15) is 18.0 Å². The van der Waals surface area contributed by atoms with Gasteiger partial charge in [-0.05, 0) is 49.4 Å². The molecule has 0 bridgehead atoms. The van der Waals surface area contributed by atoms with Gasteiger partial charge in [0, 0.05) is 7.05 Å². The summed E-state index contributed by atoms with van der Waals surface area (Å²) in [5, 5.41) is 4.62. The van der Waals surface area contributed by atoms with Crippen molar-refractivity contribution in [3.8, 4) is 0 Å². The van der Waals surface area contributed by atoms with Crippen molar-refractivity contribution in [3.63, 3.8) is 0 Å². The fourth-order valence-electron chi connectivity index (χ4n) is 3.77. The third-order valence-corrected chi connectivity index (χ3v) is 7.44. The van der Waals surface area contributed by atoms with Crippen LogP contribution in [0.2, 0.25) is 0 Å². The van der Waals surface area contributed by atoms with Crippen LogP contribution in [0.3, 0.4) is 0 Å². The summed E-state index contributed by atoms with van der Waals surface area (Å²) in [6, 6.07) is 4.49. The number of urea groups is 1. The van der Waals surface area contributed by atoms with Crippen LogP contribution < -0.4 is 15.5 Å². The molecule has 1 heterocycles. The molecule has 0 spiro atoms. The average molecular weight is 396 g/mol. The van der Waals surface area contributed by atoms with Gasteiger partial charge in [0.05, 0.1) is 31.1 Å². The monoisotopic (exact) mass is 395 g/mol. The number of carbonyl (C=O) groups excluding carboxylic acids is 2. The molecule has 0 saturated carbocycles.